The largest absolute Gasteiger partial charge is 0.438 e. The molecule has 3 rings (SSSR count). The SMILES string of the molecule is Cc1ncoc1-c1nc(C(N)COC2CCC2)no1. The summed E-state index contributed by atoms with van der Waals surface area (Å²) in [5, 5.41) is 3.86. The monoisotopic (exact) mass is 264 g/mol. The Labute approximate surface area is 110 Å². The number of ether oxygens (including phenoxy) is 1. The molecule has 7 nitrogen and oxygen atoms in total. The Bertz CT molecular complexity index is 547. The lowest BCUT2D eigenvalue weighted by Crippen LogP contribution is -2.27. The van der Waals surface area contributed by atoms with Crippen LogP contribution in [0.15, 0.2) is 15.3 Å². The Hall–Kier alpha value is -1.73. The molecule has 2 aromatic rings. The van der Waals surface area contributed by atoms with Crippen LogP contribution in [-0.4, -0.2) is 27.8 Å². The summed E-state index contributed by atoms with van der Waals surface area (Å²) in [6.07, 6.45) is 5.14. The summed E-state index contributed by atoms with van der Waals surface area (Å²) >= 11 is 0. The van der Waals surface area contributed by atoms with Crippen LogP contribution in [0.25, 0.3) is 11.7 Å². The summed E-state index contributed by atoms with van der Waals surface area (Å²) in [6.45, 7) is 2.21. The molecule has 0 radical (unpaired) electrons. The van der Waals surface area contributed by atoms with Gasteiger partial charge in [-0.05, 0) is 26.2 Å². The zero-order valence-electron chi connectivity index (χ0n) is 10.7. The van der Waals surface area contributed by atoms with Gasteiger partial charge in [-0.15, -0.1) is 0 Å². The first-order valence-electron chi connectivity index (χ1n) is 6.35. The molecule has 1 fully saturated rings. The normalized spacial score (nSPS) is 17.4. The van der Waals surface area contributed by atoms with Crippen LogP contribution in [0.1, 0.15) is 36.8 Å². The maximum absolute atomic E-state index is 5.97. The van der Waals surface area contributed by atoms with E-state index in [-0.39, 0.29) is 6.04 Å². The molecule has 1 atom stereocenters. The maximum atomic E-state index is 5.97. The number of hydrogen-bond donors (Lipinski definition) is 1. The lowest BCUT2D eigenvalue weighted by atomic mass is 9.96. The molecule has 102 valence electrons. The van der Waals surface area contributed by atoms with Crippen molar-refractivity contribution in [3.05, 3.63) is 17.9 Å². The molecule has 1 aliphatic rings. The second-order valence-electron chi connectivity index (χ2n) is 4.72. The van der Waals surface area contributed by atoms with Crippen molar-refractivity contribution in [1.29, 1.82) is 0 Å². The lowest BCUT2D eigenvalue weighted by molar-refractivity contribution is -0.00549. The van der Waals surface area contributed by atoms with E-state index in [1.54, 1.807) is 0 Å². The molecule has 2 N–H and O–H groups in total. The number of hydrogen-bond acceptors (Lipinski definition) is 7. The van der Waals surface area contributed by atoms with Gasteiger partial charge >= 0.3 is 0 Å². The summed E-state index contributed by atoms with van der Waals surface area (Å²) in [4.78, 5) is 8.19. The molecule has 1 unspecified atom stereocenters. The second-order valence-corrected chi connectivity index (χ2v) is 4.72. The van der Waals surface area contributed by atoms with Crippen LogP contribution in [0, 0.1) is 6.92 Å². The van der Waals surface area contributed by atoms with Gasteiger partial charge in [-0.25, -0.2) is 4.98 Å². The van der Waals surface area contributed by atoms with E-state index in [2.05, 4.69) is 15.1 Å². The molecule has 1 aliphatic carbocycles. The Balaban J connectivity index is 1.65. The molecule has 0 saturated heterocycles. The van der Waals surface area contributed by atoms with Gasteiger partial charge in [-0.1, -0.05) is 5.16 Å². The minimum absolute atomic E-state index is 0.295. The molecule has 2 aromatic heterocycles. The fourth-order valence-corrected chi connectivity index (χ4v) is 1.84. The second kappa shape index (κ2) is 5.10. The highest BCUT2D eigenvalue weighted by atomic mass is 16.5. The molecule has 0 aromatic carbocycles. The Morgan fingerprint density at radius 1 is 1.53 bits per heavy atom. The van der Waals surface area contributed by atoms with Gasteiger partial charge in [-0.3, -0.25) is 0 Å². The highest BCUT2D eigenvalue weighted by Crippen LogP contribution is 2.24. The summed E-state index contributed by atoms with van der Waals surface area (Å²) in [5.41, 5.74) is 6.67. The minimum atomic E-state index is -0.388. The van der Waals surface area contributed by atoms with Gasteiger partial charge in [0.2, 0.25) is 5.76 Å². The van der Waals surface area contributed by atoms with Crippen LogP contribution < -0.4 is 5.73 Å². The van der Waals surface area contributed by atoms with Crippen molar-refractivity contribution in [1.82, 2.24) is 15.1 Å². The Morgan fingerprint density at radius 2 is 2.37 bits per heavy atom. The first-order valence-corrected chi connectivity index (χ1v) is 6.35. The quantitative estimate of drug-likeness (QED) is 0.875. The van der Waals surface area contributed by atoms with E-state index >= 15 is 0 Å². The highest BCUT2D eigenvalue weighted by Gasteiger charge is 2.22. The third-order valence-corrected chi connectivity index (χ3v) is 3.28. The zero-order chi connectivity index (χ0) is 13.2. The fourth-order valence-electron chi connectivity index (χ4n) is 1.84. The Kier molecular flexibility index (Phi) is 3.31. The van der Waals surface area contributed by atoms with Crippen molar-refractivity contribution in [3.63, 3.8) is 0 Å². The first kappa shape index (κ1) is 12.3. The molecular formula is C12H16N4O3. The van der Waals surface area contributed by atoms with E-state index in [4.69, 9.17) is 19.4 Å². The molecule has 7 heteroatoms. The van der Waals surface area contributed by atoms with Crippen LogP contribution in [-0.2, 0) is 4.74 Å². The van der Waals surface area contributed by atoms with Gasteiger partial charge in [0.05, 0.1) is 24.4 Å². The summed E-state index contributed by atoms with van der Waals surface area (Å²) in [6, 6.07) is -0.388. The van der Waals surface area contributed by atoms with E-state index in [1.165, 1.54) is 12.8 Å². The Morgan fingerprint density at radius 3 is 3.00 bits per heavy atom. The molecule has 1 saturated carbocycles. The zero-order valence-corrected chi connectivity index (χ0v) is 10.7. The summed E-state index contributed by atoms with van der Waals surface area (Å²) in [7, 11) is 0. The molecule has 0 aliphatic heterocycles. The third-order valence-electron chi connectivity index (χ3n) is 3.28. The van der Waals surface area contributed by atoms with E-state index in [9.17, 15) is 0 Å². The standard InChI is InChI=1S/C12H16N4O3/c1-7-10(18-6-14-7)12-15-11(16-19-12)9(13)5-17-8-3-2-4-8/h6,8-9H,2-5,13H2,1H3. The molecule has 19 heavy (non-hydrogen) atoms. The van der Waals surface area contributed by atoms with Gasteiger partial charge in [0.1, 0.15) is 0 Å². The number of aryl methyl sites for hydroxylation is 1. The van der Waals surface area contributed by atoms with Crippen molar-refractivity contribution in [2.75, 3.05) is 6.61 Å². The third kappa shape index (κ3) is 2.52. The van der Waals surface area contributed by atoms with Crippen LogP contribution in [0.3, 0.4) is 0 Å². The predicted octanol–water partition coefficient (Wildman–Crippen LogP) is 1.60. The van der Waals surface area contributed by atoms with Gasteiger partial charge < -0.3 is 19.4 Å². The molecule has 0 spiro atoms. The molecule has 0 amide bonds. The van der Waals surface area contributed by atoms with Crippen molar-refractivity contribution in [2.45, 2.75) is 38.3 Å². The van der Waals surface area contributed by atoms with Crippen molar-refractivity contribution in [3.8, 4) is 11.7 Å². The van der Waals surface area contributed by atoms with Crippen LogP contribution in [0.5, 0.6) is 0 Å². The van der Waals surface area contributed by atoms with Crippen LogP contribution in [0.4, 0.5) is 0 Å². The predicted molar refractivity (Wildman–Crippen MR) is 65.1 cm³/mol. The number of oxazole rings is 1. The van der Waals surface area contributed by atoms with E-state index in [0.717, 1.165) is 12.8 Å². The number of rotatable bonds is 5. The first-order chi connectivity index (χ1) is 9.24. The van der Waals surface area contributed by atoms with Gasteiger partial charge in [-0.2, -0.15) is 4.98 Å². The number of nitrogens with two attached hydrogens (primary N) is 1. The van der Waals surface area contributed by atoms with Crippen LogP contribution in [0.2, 0.25) is 0 Å². The van der Waals surface area contributed by atoms with Crippen molar-refractivity contribution in [2.24, 2.45) is 5.73 Å². The van der Waals surface area contributed by atoms with Gasteiger partial charge in [0.25, 0.3) is 5.89 Å². The van der Waals surface area contributed by atoms with Gasteiger partial charge in [0.15, 0.2) is 12.2 Å². The average Bonchev–Trinajstić information content (AvgIpc) is 2.94. The summed E-state index contributed by atoms with van der Waals surface area (Å²) < 4.78 is 16.0. The number of aromatic nitrogens is 3. The van der Waals surface area contributed by atoms with Gasteiger partial charge in [0, 0.05) is 0 Å². The maximum Gasteiger partial charge on any atom is 0.295 e. The summed E-state index contributed by atoms with van der Waals surface area (Å²) in [5.74, 6) is 1.19. The fraction of sp³-hybridized carbons (Fsp3) is 0.583. The molecule has 2 heterocycles. The van der Waals surface area contributed by atoms with E-state index in [1.807, 2.05) is 6.92 Å². The minimum Gasteiger partial charge on any atom is -0.438 e. The molecule has 0 bridgehead atoms. The highest BCUT2D eigenvalue weighted by molar-refractivity contribution is 5.46. The average molecular weight is 264 g/mol. The smallest absolute Gasteiger partial charge is 0.295 e. The molecular weight excluding hydrogens is 248 g/mol. The lowest BCUT2D eigenvalue weighted by Gasteiger charge is -2.26. The van der Waals surface area contributed by atoms with Crippen molar-refractivity contribution < 1.29 is 13.7 Å². The van der Waals surface area contributed by atoms with Crippen LogP contribution >= 0.6 is 0 Å². The van der Waals surface area contributed by atoms with E-state index < -0.39 is 0 Å². The topological polar surface area (TPSA) is 100 Å². The number of nitrogens with zero attached hydrogens (tertiary/aromatic N) is 3. The van der Waals surface area contributed by atoms with Crippen molar-refractivity contribution >= 4 is 0 Å². The van der Waals surface area contributed by atoms with E-state index in [0.29, 0.717) is 35.9 Å².